The monoisotopic (exact) mass is 246 g/mol. The van der Waals surface area contributed by atoms with Crippen LogP contribution in [0.3, 0.4) is 0 Å². The first kappa shape index (κ1) is 11.7. The SMILES string of the molecule is CCCOC(=O)C1(c2ccccc2)OC12CCC2. The number of carbonyl (C=O) groups excluding carboxylic acids is 1. The van der Waals surface area contributed by atoms with Crippen molar-refractivity contribution in [1.82, 2.24) is 0 Å². The van der Waals surface area contributed by atoms with E-state index in [1.54, 1.807) is 0 Å². The summed E-state index contributed by atoms with van der Waals surface area (Å²) < 4.78 is 11.2. The normalized spacial score (nSPS) is 27.6. The van der Waals surface area contributed by atoms with Crippen molar-refractivity contribution in [1.29, 1.82) is 0 Å². The molecule has 1 aliphatic heterocycles. The molecule has 3 rings (SSSR count). The fourth-order valence-electron chi connectivity index (χ4n) is 2.86. The molecule has 3 nitrogen and oxygen atoms in total. The van der Waals surface area contributed by atoms with Gasteiger partial charge in [0.2, 0.25) is 5.60 Å². The molecule has 1 atom stereocenters. The largest absolute Gasteiger partial charge is 0.463 e. The van der Waals surface area contributed by atoms with Crippen molar-refractivity contribution >= 4 is 5.97 Å². The molecule has 18 heavy (non-hydrogen) atoms. The zero-order valence-electron chi connectivity index (χ0n) is 10.6. The Hall–Kier alpha value is -1.35. The standard InChI is InChI=1S/C15H18O3/c1-2-11-17-13(16)15(12-7-4-3-5-8-12)14(18-15)9-6-10-14/h3-5,7-8H,2,6,9-11H2,1H3. The molecule has 1 aromatic carbocycles. The molecule has 0 bridgehead atoms. The van der Waals surface area contributed by atoms with Gasteiger partial charge in [0, 0.05) is 0 Å². The van der Waals surface area contributed by atoms with Gasteiger partial charge < -0.3 is 9.47 Å². The Labute approximate surface area is 107 Å². The van der Waals surface area contributed by atoms with Gasteiger partial charge in [0.1, 0.15) is 5.60 Å². The summed E-state index contributed by atoms with van der Waals surface area (Å²) in [5.41, 5.74) is -0.147. The van der Waals surface area contributed by atoms with E-state index in [1.807, 2.05) is 37.3 Å². The molecule has 96 valence electrons. The number of hydrogen-bond donors (Lipinski definition) is 0. The first-order valence-corrected chi connectivity index (χ1v) is 6.68. The second kappa shape index (κ2) is 4.09. The van der Waals surface area contributed by atoms with Crippen LogP contribution in [0.5, 0.6) is 0 Å². The number of epoxide rings is 1. The van der Waals surface area contributed by atoms with Crippen molar-refractivity contribution in [2.24, 2.45) is 0 Å². The van der Waals surface area contributed by atoms with E-state index in [0.29, 0.717) is 6.61 Å². The average Bonchev–Trinajstić information content (AvgIpc) is 3.09. The lowest BCUT2D eigenvalue weighted by atomic mass is 9.73. The van der Waals surface area contributed by atoms with Crippen molar-refractivity contribution < 1.29 is 14.3 Å². The molecule has 1 aliphatic carbocycles. The van der Waals surface area contributed by atoms with Crippen LogP contribution < -0.4 is 0 Å². The Morgan fingerprint density at radius 2 is 2.06 bits per heavy atom. The maximum absolute atomic E-state index is 12.3. The summed E-state index contributed by atoms with van der Waals surface area (Å²) in [5, 5.41) is 0. The van der Waals surface area contributed by atoms with E-state index in [1.165, 1.54) is 0 Å². The number of benzene rings is 1. The third-order valence-corrected chi connectivity index (χ3v) is 4.01. The second-order valence-electron chi connectivity index (χ2n) is 5.13. The first-order chi connectivity index (χ1) is 8.75. The van der Waals surface area contributed by atoms with Gasteiger partial charge in [0.05, 0.1) is 6.61 Å². The Morgan fingerprint density at radius 1 is 1.33 bits per heavy atom. The van der Waals surface area contributed by atoms with Gasteiger partial charge in [-0.2, -0.15) is 0 Å². The Balaban J connectivity index is 1.90. The van der Waals surface area contributed by atoms with Crippen LogP contribution in [0.25, 0.3) is 0 Å². The number of hydrogen-bond acceptors (Lipinski definition) is 3. The maximum Gasteiger partial charge on any atom is 0.346 e. The Kier molecular flexibility index (Phi) is 2.67. The van der Waals surface area contributed by atoms with Gasteiger partial charge in [0.15, 0.2) is 0 Å². The number of rotatable bonds is 4. The summed E-state index contributed by atoms with van der Waals surface area (Å²) in [7, 11) is 0. The maximum atomic E-state index is 12.3. The molecule has 0 radical (unpaired) electrons. The predicted octanol–water partition coefficient (Wildman–Crippen LogP) is 2.79. The van der Waals surface area contributed by atoms with Crippen molar-refractivity contribution in [3.05, 3.63) is 35.9 Å². The van der Waals surface area contributed by atoms with E-state index in [-0.39, 0.29) is 11.6 Å². The van der Waals surface area contributed by atoms with Crippen molar-refractivity contribution in [2.45, 2.75) is 43.8 Å². The predicted molar refractivity (Wildman–Crippen MR) is 67.0 cm³/mol. The van der Waals surface area contributed by atoms with Gasteiger partial charge in [-0.25, -0.2) is 4.79 Å². The van der Waals surface area contributed by atoms with Crippen LogP contribution in [0.15, 0.2) is 30.3 Å². The van der Waals surface area contributed by atoms with Gasteiger partial charge in [0.25, 0.3) is 0 Å². The lowest BCUT2D eigenvalue weighted by Gasteiger charge is -2.26. The fourth-order valence-corrected chi connectivity index (χ4v) is 2.86. The highest BCUT2D eigenvalue weighted by Gasteiger charge is 2.78. The molecule has 0 amide bonds. The van der Waals surface area contributed by atoms with Crippen LogP contribution in [-0.4, -0.2) is 18.2 Å². The van der Waals surface area contributed by atoms with E-state index in [2.05, 4.69) is 0 Å². The van der Waals surface area contributed by atoms with Gasteiger partial charge in [-0.1, -0.05) is 37.3 Å². The van der Waals surface area contributed by atoms with Crippen LogP contribution in [-0.2, 0) is 19.9 Å². The average molecular weight is 246 g/mol. The van der Waals surface area contributed by atoms with E-state index in [0.717, 1.165) is 31.2 Å². The molecule has 1 saturated heterocycles. The number of esters is 1. The Bertz CT molecular complexity index is 450. The summed E-state index contributed by atoms with van der Waals surface area (Å²) in [6.45, 7) is 2.46. The van der Waals surface area contributed by atoms with E-state index >= 15 is 0 Å². The minimum absolute atomic E-state index is 0.213. The lowest BCUT2D eigenvalue weighted by Crippen LogP contribution is -2.38. The van der Waals surface area contributed by atoms with Crippen LogP contribution in [0.1, 0.15) is 38.2 Å². The smallest absolute Gasteiger partial charge is 0.346 e. The fraction of sp³-hybridized carbons (Fsp3) is 0.533. The topological polar surface area (TPSA) is 38.8 Å². The van der Waals surface area contributed by atoms with Crippen molar-refractivity contribution in [2.75, 3.05) is 6.61 Å². The molecular weight excluding hydrogens is 228 g/mol. The molecule has 0 N–H and O–H groups in total. The summed E-state index contributed by atoms with van der Waals surface area (Å²) in [6.07, 6.45) is 3.89. The van der Waals surface area contributed by atoms with Gasteiger partial charge in [-0.05, 0) is 31.2 Å². The highest BCUT2D eigenvalue weighted by atomic mass is 16.7. The Morgan fingerprint density at radius 3 is 2.56 bits per heavy atom. The highest BCUT2D eigenvalue weighted by molar-refractivity contribution is 5.87. The van der Waals surface area contributed by atoms with Crippen LogP contribution in [0.2, 0.25) is 0 Å². The zero-order chi connectivity index (χ0) is 12.6. The molecule has 1 saturated carbocycles. The number of carbonyl (C=O) groups is 1. The van der Waals surface area contributed by atoms with E-state index < -0.39 is 5.60 Å². The van der Waals surface area contributed by atoms with Crippen LogP contribution in [0, 0.1) is 0 Å². The minimum atomic E-state index is -0.818. The van der Waals surface area contributed by atoms with Crippen molar-refractivity contribution in [3.63, 3.8) is 0 Å². The summed E-state index contributed by atoms with van der Waals surface area (Å²) in [5.74, 6) is -0.213. The molecule has 1 unspecified atom stereocenters. The molecule has 1 heterocycles. The van der Waals surface area contributed by atoms with Crippen LogP contribution in [0.4, 0.5) is 0 Å². The van der Waals surface area contributed by atoms with E-state index in [9.17, 15) is 4.79 Å². The van der Waals surface area contributed by atoms with Crippen LogP contribution >= 0.6 is 0 Å². The lowest BCUT2D eigenvalue weighted by molar-refractivity contribution is -0.150. The molecule has 2 aliphatic rings. The van der Waals surface area contributed by atoms with Gasteiger partial charge in [-0.15, -0.1) is 0 Å². The molecular formula is C15H18O3. The molecule has 0 aromatic heterocycles. The first-order valence-electron chi connectivity index (χ1n) is 6.68. The van der Waals surface area contributed by atoms with Crippen molar-refractivity contribution in [3.8, 4) is 0 Å². The van der Waals surface area contributed by atoms with Gasteiger partial charge >= 0.3 is 5.97 Å². The van der Waals surface area contributed by atoms with E-state index in [4.69, 9.17) is 9.47 Å². The third kappa shape index (κ3) is 1.43. The molecule has 1 aromatic rings. The minimum Gasteiger partial charge on any atom is -0.463 e. The quantitative estimate of drug-likeness (QED) is 0.605. The number of ether oxygens (including phenoxy) is 2. The third-order valence-electron chi connectivity index (χ3n) is 4.01. The summed E-state index contributed by atoms with van der Waals surface area (Å²) in [4.78, 5) is 12.3. The summed E-state index contributed by atoms with van der Waals surface area (Å²) in [6, 6.07) is 9.75. The summed E-state index contributed by atoms with van der Waals surface area (Å²) >= 11 is 0. The molecule has 1 spiro atoms. The molecule has 3 heteroatoms. The highest BCUT2D eigenvalue weighted by Crippen LogP contribution is 2.66. The van der Waals surface area contributed by atoms with Gasteiger partial charge in [-0.3, -0.25) is 0 Å². The second-order valence-corrected chi connectivity index (χ2v) is 5.13. The molecule has 2 fully saturated rings. The zero-order valence-corrected chi connectivity index (χ0v) is 10.6.